The molecule has 17 heavy (non-hydrogen) atoms. The molecule has 0 aromatic heterocycles. The molecule has 0 aliphatic carbocycles. The molecule has 1 unspecified atom stereocenters. The topological polar surface area (TPSA) is 32.5 Å². The van der Waals surface area contributed by atoms with Gasteiger partial charge >= 0.3 is 0 Å². The van der Waals surface area contributed by atoms with Gasteiger partial charge in [-0.25, -0.2) is 0 Å². The molecule has 0 radical (unpaired) electrons. The second kappa shape index (κ2) is 8.06. The first kappa shape index (κ1) is 14.9. The summed E-state index contributed by atoms with van der Waals surface area (Å²) in [6.45, 7) is 11.7. The van der Waals surface area contributed by atoms with E-state index in [1.165, 1.54) is 52.0 Å². The predicted octanol–water partition coefficient (Wildman–Crippen LogP) is 1.64. The normalized spacial score (nSPS) is 21.0. The Kier molecular flexibility index (Phi) is 7.09. The molecule has 0 aromatic rings. The van der Waals surface area contributed by atoms with Crippen molar-refractivity contribution in [2.24, 2.45) is 17.6 Å². The van der Waals surface area contributed by atoms with E-state index < -0.39 is 0 Å². The van der Waals surface area contributed by atoms with E-state index in [0.29, 0.717) is 0 Å². The van der Waals surface area contributed by atoms with Crippen LogP contribution in [-0.2, 0) is 0 Å². The molecule has 0 spiro atoms. The second-order valence-corrected chi connectivity index (χ2v) is 5.87. The Labute approximate surface area is 107 Å². The molecule has 0 amide bonds. The number of nitrogens with zero attached hydrogens (tertiary/aromatic N) is 2. The van der Waals surface area contributed by atoms with E-state index in [4.69, 9.17) is 5.73 Å². The van der Waals surface area contributed by atoms with Crippen LogP contribution in [0.1, 0.15) is 33.1 Å². The first-order valence-corrected chi connectivity index (χ1v) is 7.24. The maximum absolute atomic E-state index is 5.68. The van der Waals surface area contributed by atoms with Crippen LogP contribution in [0, 0.1) is 11.8 Å². The van der Waals surface area contributed by atoms with Gasteiger partial charge in [-0.3, -0.25) is 0 Å². The molecule has 0 bridgehead atoms. The van der Waals surface area contributed by atoms with Crippen molar-refractivity contribution in [2.75, 3.05) is 46.3 Å². The molecular weight excluding hydrogens is 210 g/mol. The van der Waals surface area contributed by atoms with Gasteiger partial charge in [0, 0.05) is 26.2 Å². The van der Waals surface area contributed by atoms with Gasteiger partial charge in [-0.1, -0.05) is 13.8 Å². The van der Waals surface area contributed by atoms with Crippen LogP contribution in [0.5, 0.6) is 0 Å². The third kappa shape index (κ3) is 5.84. The smallest absolute Gasteiger partial charge is 0.0110 e. The minimum Gasteiger partial charge on any atom is -0.330 e. The van der Waals surface area contributed by atoms with E-state index in [1.54, 1.807) is 0 Å². The van der Waals surface area contributed by atoms with Crippen molar-refractivity contribution in [3.63, 3.8) is 0 Å². The number of hydrogen-bond donors (Lipinski definition) is 1. The van der Waals surface area contributed by atoms with E-state index >= 15 is 0 Å². The first-order valence-electron chi connectivity index (χ1n) is 7.24. The predicted molar refractivity (Wildman–Crippen MR) is 75.2 cm³/mol. The summed E-state index contributed by atoms with van der Waals surface area (Å²) in [4.78, 5) is 5.03. The van der Waals surface area contributed by atoms with Gasteiger partial charge in [0.15, 0.2) is 0 Å². The van der Waals surface area contributed by atoms with Crippen LogP contribution in [0.15, 0.2) is 0 Å². The molecule has 3 heteroatoms. The Morgan fingerprint density at radius 2 is 1.71 bits per heavy atom. The highest BCUT2D eigenvalue weighted by Gasteiger charge is 2.15. The lowest BCUT2D eigenvalue weighted by Crippen LogP contribution is -2.44. The maximum Gasteiger partial charge on any atom is 0.0110 e. The van der Waals surface area contributed by atoms with Gasteiger partial charge in [0.1, 0.15) is 0 Å². The summed E-state index contributed by atoms with van der Waals surface area (Å²) in [5.41, 5.74) is 5.68. The second-order valence-electron chi connectivity index (χ2n) is 5.87. The number of rotatable bonds is 7. The highest BCUT2D eigenvalue weighted by molar-refractivity contribution is 4.70. The Balaban J connectivity index is 2.13. The SMILES string of the molecule is CC(C)C(CCN)CCCN1CCN(C)CC1. The molecule has 0 saturated carbocycles. The molecule has 1 atom stereocenters. The minimum absolute atomic E-state index is 0.783. The van der Waals surface area contributed by atoms with Gasteiger partial charge < -0.3 is 15.5 Å². The summed E-state index contributed by atoms with van der Waals surface area (Å²) in [5, 5.41) is 0. The van der Waals surface area contributed by atoms with E-state index in [0.717, 1.165) is 18.4 Å². The number of nitrogens with two attached hydrogens (primary N) is 1. The van der Waals surface area contributed by atoms with Crippen molar-refractivity contribution in [1.82, 2.24) is 9.80 Å². The Morgan fingerprint density at radius 1 is 1.06 bits per heavy atom. The van der Waals surface area contributed by atoms with E-state index in [9.17, 15) is 0 Å². The molecule has 1 aliphatic rings. The molecule has 0 aromatic carbocycles. The zero-order chi connectivity index (χ0) is 12.7. The molecule has 2 N–H and O–H groups in total. The zero-order valence-corrected chi connectivity index (χ0v) is 12.0. The van der Waals surface area contributed by atoms with E-state index in [-0.39, 0.29) is 0 Å². The average molecular weight is 241 g/mol. The third-order valence-electron chi connectivity index (χ3n) is 4.13. The number of hydrogen-bond acceptors (Lipinski definition) is 3. The van der Waals surface area contributed by atoms with Crippen LogP contribution in [0.3, 0.4) is 0 Å². The maximum atomic E-state index is 5.68. The highest BCUT2D eigenvalue weighted by Crippen LogP contribution is 2.20. The molecule has 3 nitrogen and oxygen atoms in total. The lowest BCUT2D eigenvalue weighted by molar-refractivity contribution is 0.148. The summed E-state index contributed by atoms with van der Waals surface area (Å²) >= 11 is 0. The van der Waals surface area contributed by atoms with Crippen molar-refractivity contribution in [3.05, 3.63) is 0 Å². The van der Waals surface area contributed by atoms with Crippen molar-refractivity contribution in [1.29, 1.82) is 0 Å². The van der Waals surface area contributed by atoms with Crippen molar-refractivity contribution < 1.29 is 0 Å². The summed E-state index contributed by atoms with van der Waals surface area (Å²) in [6, 6.07) is 0. The van der Waals surface area contributed by atoms with Crippen LogP contribution >= 0.6 is 0 Å². The fraction of sp³-hybridized carbons (Fsp3) is 1.00. The Bertz CT molecular complexity index is 186. The van der Waals surface area contributed by atoms with Gasteiger partial charge in [-0.05, 0) is 51.2 Å². The van der Waals surface area contributed by atoms with E-state index in [1.807, 2.05) is 0 Å². The largest absolute Gasteiger partial charge is 0.330 e. The molecule has 1 aliphatic heterocycles. The van der Waals surface area contributed by atoms with Gasteiger partial charge in [0.2, 0.25) is 0 Å². The quantitative estimate of drug-likeness (QED) is 0.735. The summed E-state index contributed by atoms with van der Waals surface area (Å²) in [5.74, 6) is 1.61. The van der Waals surface area contributed by atoms with Crippen LogP contribution < -0.4 is 5.73 Å². The van der Waals surface area contributed by atoms with Gasteiger partial charge in [0.25, 0.3) is 0 Å². The van der Waals surface area contributed by atoms with Crippen LogP contribution in [0.2, 0.25) is 0 Å². The lowest BCUT2D eigenvalue weighted by Gasteiger charge is -2.32. The monoisotopic (exact) mass is 241 g/mol. The average Bonchev–Trinajstić information content (AvgIpc) is 2.30. The molecule has 1 heterocycles. The fourth-order valence-corrected chi connectivity index (χ4v) is 2.67. The molecular formula is C14H31N3. The lowest BCUT2D eigenvalue weighted by atomic mass is 9.88. The third-order valence-corrected chi connectivity index (χ3v) is 4.13. The van der Waals surface area contributed by atoms with Gasteiger partial charge in [0.05, 0.1) is 0 Å². The van der Waals surface area contributed by atoms with Crippen molar-refractivity contribution in [3.8, 4) is 0 Å². The summed E-state index contributed by atoms with van der Waals surface area (Å²) < 4.78 is 0. The standard InChI is InChI=1S/C14H31N3/c1-13(2)14(6-7-15)5-4-8-17-11-9-16(3)10-12-17/h13-14H,4-12,15H2,1-3H3. The molecule has 1 fully saturated rings. The highest BCUT2D eigenvalue weighted by atomic mass is 15.2. The number of piperazine rings is 1. The molecule has 102 valence electrons. The van der Waals surface area contributed by atoms with Crippen LogP contribution in [-0.4, -0.2) is 56.1 Å². The molecule has 1 saturated heterocycles. The van der Waals surface area contributed by atoms with E-state index in [2.05, 4.69) is 30.7 Å². The fourth-order valence-electron chi connectivity index (χ4n) is 2.67. The van der Waals surface area contributed by atoms with Crippen LogP contribution in [0.25, 0.3) is 0 Å². The Morgan fingerprint density at radius 3 is 2.24 bits per heavy atom. The number of likely N-dealkylation sites (N-methyl/N-ethyl adjacent to an activating group) is 1. The van der Waals surface area contributed by atoms with Gasteiger partial charge in [-0.15, -0.1) is 0 Å². The molecule has 1 rings (SSSR count). The zero-order valence-electron chi connectivity index (χ0n) is 12.0. The first-order chi connectivity index (χ1) is 8.13. The Hall–Kier alpha value is -0.120. The summed E-state index contributed by atoms with van der Waals surface area (Å²) in [7, 11) is 2.22. The van der Waals surface area contributed by atoms with Gasteiger partial charge in [-0.2, -0.15) is 0 Å². The minimum atomic E-state index is 0.783. The van der Waals surface area contributed by atoms with Crippen LogP contribution in [0.4, 0.5) is 0 Å². The van der Waals surface area contributed by atoms with Crippen molar-refractivity contribution >= 4 is 0 Å². The summed E-state index contributed by atoms with van der Waals surface area (Å²) in [6.07, 6.45) is 3.88. The van der Waals surface area contributed by atoms with Crippen molar-refractivity contribution in [2.45, 2.75) is 33.1 Å².